The number of nitrogens with zero attached hydrogens (tertiary/aromatic N) is 2. The van der Waals surface area contributed by atoms with E-state index >= 15 is 0 Å². The van der Waals surface area contributed by atoms with Crippen molar-refractivity contribution in [1.29, 1.82) is 0 Å². The van der Waals surface area contributed by atoms with Gasteiger partial charge >= 0.3 is 6.09 Å². The number of rotatable bonds is 2. The highest BCUT2D eigenvalue weighted by Gasteiger charge is 2.33. The number of cyclic esters (lactones) is 1. The number of hydrogen-bond acceptors (Lipinski definition) is 4. The van der Waals surface area contributed by atoms with Crippen LogP contribution in [-0.2, 0) is 4.74 Å². The highest BCUT2D eigenvalue weighted by molar-refractivity contribution is 5.89. The Balaban J connectivity index is 2.28. The van der Waals surface area contributed by atoms with Crippen LogP contribution >= 0.6 is 0 Å². The number of carbonyl (C=O) groups excluding carboxylic acids is 1. The fourth-order valence-corrected chi connectivity index (χ4v) is 1.41. The molecular formula is C9H11N3O2. The molecule has 0 aromatic carbocycles. The summed E-state index contributed by atoms with van der Waals surface area (Å²) in [6.45, 7) is 0.716. The first kappa shape index (κ1) is 8.96. The number of aromatic nitrogens is 1. The smallest absolute Gasteiger partial charge is 0.415 e. The molecule has 14 heavy (non-hydrogen) atoms. The van der Waals surface area contributed by atoms with Crippen LogP contribution < -0.4 is 10.6 Å². The van der Waals surface area contributed by atoms with Gasteiger partial charge in [-0.25, -0.2) is 9.78 Å². The Hall–Kier alpha value is -1.62. The van der Waals surface area contributed by atoms with Crippen LogP contribution in [0.2, 0.25) is 0 Å². The van der Waals surface area contributed by atoms with Gasteiger partial charge in [-0.05, 0) is 12.1 Å². The van der Waals surface area contributed by atoms with E-state index in [4.69, 9.17) is 10.5 Å². The summed E-state index contributed by atoms with van der Waals surface area (Å²) in [4.78, 5) is 16.9. The Morgan fingerprint density at radius 2 is 2.50 bits per heavy atom. The van der Waals surface area contributed by atoms with E-state index in [0.29, 0.717) is 19.0 Å². The first-order valence-electron chi connectivity index (χ1n) is 4.40. The molecule has 1 aromatic rings. The number of hydrogen-bond donors (Lipinski definition) is 1. The summed E-state index contributed by atoms with van der Waals surface area (Å²) in [5.41, 5.74) is 5.52. The number of ether oxygens (including phenoxy) is 1. The number of pyridine rings is 1. The molecule has 1 aliphatic heterocycles. The molecule has 5 heteroatoms. The van der Waals surface area contributed by atoms with Gasteiger partial charge in [0.1, 0.15) is 12.4 Å². The molecule has 2 N–H and O–H groups in total. The third kappa shape index (κ3) is 1.42. The topological polar surface area (TPSA) is 68.5 Å². The van der Waals surface area contributed by atoms with Crippen molar-refractivity contribution in [2.45, 2.75) is 6.04 Å². The zero-order valence-corrected chi connectivity index (χ0v) is 7.59. The van der Waals surface area contributed by atoms with Crippen LogP contribution in [0, 0.1) is 0 Å². The summed E-state index contributed by atoms with van der Waals surface area (Å²) in [7, 11) is 0. The van der Waals surface area contributed by atoms with E-state index in [2.05, 4.69) is 4.98 Å². The van der Waals surface area contributed by atoms with Crippen LogP contribution in [0.4, 0.5) is 10.6 Å². The highest BCUT2D eigenvalue weighted by Crippen LogP contribution is 2.19. The third-order valence-electron chi connectivity index (χ3n) is 2.13. The van der Waals surface area contributed by atoms with Gasteiger partial charge in [0.05, 0.1) is 6.04 Å². The van der Waals surface area contributed by atoms with Crippen LogP contribution in [-0.4, -0.2) is 30.3 Å². The largest absolute Gasteiger partial charge is 0.447 e. The second-order valence-corrected chi connectivity index (χ2v) is 3.02. The minimum absolute atomic E-state index is 0.0996. The van der Waals surface area contributed by atoms with E-state index in [1.54, 1.807) is 18.3 Å². The predicted molar refractivity (Wildman–Crippen MR) is 50.9 cm³/mol. The van der Waals surface area contributed by atoms with Crippen LogP contribution in [0.3, 0.4) is 0 Å². The molecule has 74 valence electrons. The zero-order chi connectivity index (χ0) is 9.97. The van der Waals surface area contributed by atoms with Crippen molar-refractivity contribution in [2.75, 3.05) is 18.1 Å². The highest BCUT2D eigenvalue weighted by atomic mass is 16.6. The molecule has 1 atom stereocenters. The van der Waals surface area contributed by atoms with Gasteiger partial charge in [-0.3, -0.25) is 4.90 Å². The summed E-state index contributed by atoms with van der Waals surface area (Å²) in [6.07, 6.45) is 1.26. The minimum atomic E-state index is -0.376. The Kier molecular flexibility index (Phi) is 2.32. The van der Waals surface area contributed by atoms with Crippen molar-refractivity contribution in [3.05, 3.63) is 24.4 Å². The number of amides is 1. The van der Waals surface area contributed by atoms with Crippen molar-refractivity contribution in [2.24, 2.45) is 5.73 Å². The lowest BCUT2D eigenvalue weighted by Crippen LogP contribution is -2.39. The Bertz CT molecular complexity index is 328. The summed E-state index contributed by atoms with van der Waals surface area (Å²) < 4.78 is 4.89. The molecular weight excluding hydrogens is 182 g/mol. The van der Waals surface area contributed by atoms with E-state index < -0.39 is 0 Å². The van der Waals surface area contributed by atoms with Gasteiger partial charge in [0.2, 0.25) is 0 Å². The number of nitrogens with two attached hydrogens (primary N) is 1. The average molecular weight is 193 g/mol. The Labute approximate surface area is 81.5 Å². The molecule has 1 saturated heterocycles. The van der Waals surface area contributed by atoms with E-state index in [0.717, 1.165) is 0 Å². The van der Waals surface area contributed by atoms with Crippen molar-refractivity contribution >= 4 is 11.9 Å². The van der Waals surface area contributed by atoms with Crippen LogP contribution in [0.1, 0.15) is 0 Å². The molecule has 0 radical (unpaired) electrons. The van der Waals surface area contributed by atoms with Crippen LogP contribution in [0.15, 0.2) is 24.4 Å². The van der Waals surface area contributed by atoms with Crippen LogP contribution in [0.5, 0.6) is 0 Å². The second-order valence-electron chi connectivity index (χ2n) is 3.02. The van der Waals surface area contributed by atoms with E-state index in [1.807, 2.05) is 6.07 Å². The maximum absolute atomic E-state index is 11.4. The van der Waals surface area contributed by atoms with Crippen molar-refractivity contribution in [3.8, 4) is 0 Å². The third-order valence-corrected chi connectivity index (χ3v) is 2.13. The van der Waals surface area contributed by atoms with Gasteiger partial charge in [0.25, 0.3) is 0 Å². The zero-order valence-electron chi connectivity index (χ0n) is 7.59. The molecule has 1 fully saturated rings. The summed E-state index contributed by atoms with van der Waals surface area (Å²) in [5, 5.41) is 0. The Morgan fingerprint density at radius 3 is 3.14 bits per heavy atom. The standard InChI is InChI=1S/C9H11N3O2/c10-5-7-6-14-9(13)12(7)8-3-1-2-4-11-8/h1-4,7H,5-6,10H2. The molecule has 1 unspecified atom stereocenters. The molecule has 1 aliphatic rings. The number of carbonyl (C=O) groups is 1. The van der Waals surface area contributed by atoms with Gasteiger partial charge in [0, 0.05) is 12.7 Å². The lowest BCUT2D eigenvalue weighted by molar-refractivity contribution is 0.179. The van der Waals surface area contributed by atoms with Crippen molar-refractivity contribution in [3.63, 3.8) is 0 Å². The summed E-state index contributed by atoms with van der Waals surface area (Å²) in [5.74, 6) is 0.588. The predicted octanol–water partition coefficient (Wildman–Crippen LogP) is 0.365. The molecule has 0 spiro atoms. The fourth-order valence-electron chi connectivity index (χ4n) is 1.41. The van der Waals surface area contributed by atoms with Gasteiger partial charge in [-0.1, -0.05) is 6.07 Å². The molecule has 1 aromatic heterocycles. The average Bonchev–Trinajstić information content (AvgIpc) is 2.61. The lowest BCUT2D eigenvalue weighted by atomic mass is 10.3. The fraction of sp³-hybridized carbons (Fsp3) is 0.333. The van der Waals surface area contributed by atoms with Crippen LogP contribution in [0.25, 0.3) is 0 Å². The van der Waals surface area contributed by atoms with Gasteiger partial charge in [-0.15, -0.1) is 0 Å². The normalized spacial score (nSPS) is 21.1. The van der Waals surface area contributed by atoms with Gasteiger partial charge in [0.15, 0.2) is 0 Å². The number of anilines is 1. The van der Waals surface area contributed by atoms with Crippen molar-refractivity contribution in [1.82, 2.24) is 4.98 Å². The first-order chi connectivity index (χ1) is 6.83. The Morgan fingerprint density at radius 1 is 1.64 bits per heavy atom. The van der Waals surface area contributed by atoms with E-state index in [1.165, 1.54) is 4.90 Å². The summed E-state index contributed by atoms with van der Waals surface area (Å²) >= 11 is 0. The molecule has 5 nitrogen and oxygen atoms in total. The molecule has 0 bridgehead atoms. The quantitative estimate of drug-likeness (QED) is 0.736. The SMILES string of the molecule is NCC1COC(=O)N1c1ccccn1. The molecule has 2 heterocycles. The van der Waals surface area contributed by atoms with Gasteiger partial charge < -0.3 is 10.5 Å². The van der Waals surface area contributed by atoms with Gasteiger partial charge in [-0.2, -0.15) is 0 Å². The maximum atomic E-state index is 11.4. The van der Waals surface area contributed by atoms with E-state index in [9.17, 15) is 4.79 Å². The first-order valence-corrected chi connectivity index (χ1v) is 4.40. The maximum Gasteiger partial charge on any atom is 0.415 e. The molecule has 2 rings (SSSR count). The molecule has 0 saturated carbocycles. The summed E-state index contributed by atoms with van der Waals surface area (Å²) in [6, 6.07) is 5.27. The molecule has 0 aliphatic carbocycles. The monoisotopic (exact) mass is 193 g/mol. The van der Waals surface area contributed by atoms with Crippen molar-refractivity contribution < 1.29 is 9.53 Å². The minimum Gasteiger partial charge on any atom is -0.447 e. The van der Waals surface area contributed by atoms with E-state index in [-0.39, 0.29) is 12.1 Å². The second kappa shape index (κ2) is 3.63. The molecule has 1 amide bonds. The lowest BCUT2D eigenvalue weighted by Gasteiger charge is -2.18.